The van der Waals surface area contributed by atoms with Gasteiger partial charge in [-0.3, -0.25) is 0 Å². The molecule has 2 aromatic carbocycles. The molecule has 1 aliphatic rings. The number of nitrogens with one attached hydrogen (secondary N) is 1. The van der Waals surface area contributed by atoms with Crippen molar-refractivity contribution in [3.8, 4) is 0 Å². The summed E-state index contributed by atoms with van der Waals surface area (Å²) in [6, 6.07) is 20.2. The van der Waals surface area contributed by atoms with E-state index in [-0.39, 0.29) is 0 Å². The summed E-state index contributed by atoms with van der Waals surface area (Å²) in [4.78, 5) is 0. The molecule has 2 unspecified atom stereocenters. The molecule has 0 saturated carbocycles. The Bertz CT molecular complexity index is 547. The second kappa shape index (κ2) is 6.13. The number of hydrogen-bond donors (Lipinski definition) is 1. The Hall–Kier alpha value is -1.76. The average molecular weight is 265 g/mol. The normalized spacial score (nSPS) is 21.1. The van der Waals surface area contributed by atoms with E-state index in [0.717, 1.165) is 0 Å². The smallest absolute Gasteiger partial charge is 0.0377 e. The summed E-state index contributed by atoms with van der Waals surface area (Å²) in [6.45, 7) is 2.29. The molecule has 0 spiro atoms. The molecule has 0 bridgehead atoms. The van der Waals surface area contributed by atoms with E-state index in [9.17, 15) is 0 Å². The highest BCUT2D eigenvalue weighted by atomic mass is 14.9. The van der Waals surface area contributed by atoms with Gasteiger partial charge in [-0.25, -0.2) is 0 Å². The lowest BCUT2D eigenvalue weighted by atomic mass is 9.84. The lowest BCUT2D eigenvalue weighted by molar-refractivity contribution is 0.506. The first kappa shape index (κ1) is 13.2. The van der Waals surface area contributed by atoms with E-state index in [4.69, 9.17) is 0 Å². The van der Waals surface area contributed by atoms with Crippen LogP contribution in [0.15, 0.2) is 54.6 Å². The van der Waals surface area contributed by atoms with Crippen molar-refractivity contribution in [1.82, 2.24) is 0 Å². The van der Waals surface area contributed by atoms with Crippen LogP contribution in [0, 0.1) is 0 Å². The van der Waals surface area contributed by atoms with E-state index in [1.807, 2.05) is 0 Å². The number of para-hydroxylation sites is 1. The van der Waals surface area contributed by atoms with E-state index in [0.29, 0.717) is 12.0 Å². The van der Waals surface area contributed by atoms with Gasteiger partial charge in [0.05, 0.1) is 0 Å². The van der Waals surface area contributed by atoms with Gasteiger partial charge < -0.3 is 5.32 Å². The Kier molecular flexibility index (Phi) is 4.05. The van der Waals surface area contributed by atoms with Gasteiger partial charge in [-0.15, -0.1) is 0 Å². The van der Waals surface area contributed by atoms with Gasteiger partial charge in [-0.05, 0) is 55.7 Å². The monoisotopic (exact) mass is 265 g/mol. The van der Waals surface area contributed by atoms with Gasteiger partial charge >= 0.3 is 0 Å². The first-order chi connectivity index (χ1) is 9.83. The molecule has 1 heteroatoms. The third-order valence-corrected chi connectivity index (χ3v) is 4.30. The zero-order chi connectivity index (χ0) is 13.8. The first-order valence-corrected chi connectivity index (χ1v) is 7.72. The molecular formula is C19H23N. The van der Waals surface area contributed by atoms with Crippen molar-refractivity contribution in [1.29, 1.82) is 0 Å². The van der Waals surface area contributed by atoms with Crippen LogP contribution in [0.25, 0.3) is 0 Å². The number of rotatable bonds is 4. The van der Waals surface area contributed by atoms with Crippen molar-refractivity contribution in [2.45, 2.75) is 44.6 Å². The predicted molar refractivity (Wildman–Crippen MR) is 86.3 cm³/mol. The molecule has 104 valence electrons. The van der Waals surface area contributed by atoms with Crippen LogP contribution in [0.5, 0.6) is 0 Å². The minimum Gasteiger partial charge on any atom is -0.382 e. The fraction of sp³-hybridized carbons (Fsp3) is 0.368. The molecule has 2 aromatic rings. The molecule has 20 heavy (non-hydrogen) atoms. The summed E-state index contributed by atoms with van der Waals surface area (Å²) in [5, 5.41) is 3.60. The van der Waals surface area contributed by atoms with E-state index in [2.05, 4.69) is 66.8 Å². The van der Waals surface area contributed by atoms with Crippen molar-refractivity contribution in [2.75, 3.05) is 5.32 Å². The van der Waals surface area contributed by atoms with Gasteiger partial charge in [0.1, 0.15) is 0 Å². The van der Waals surface area contributed by atoms with Crippen LogP contribution in [0.4, 0.5) is 5.69 Å². The predicted octanol–water partition coefficient (Wildman–Crippen LogP) is 5.00. The molecule has 1 heterocycles. The zero-order valence-corrected chi connectivity index (χ0v) is 12.2. The van der Waals surface area contributed by atoms with Crippen molar-refractivity contribution in [2.24, 2.45) is 0 Å². The summed E-state index contributed by atoms with van der Waals surface area (Å²) >= 11 is 0. The summed E-state index contributed by atoms with van der Waals surface area (Å²) in [7, 11) is 0. The number of aryl methyl sites for hydroxylation is 1. The Labute approximate surface area is 122 Å². The van der Waals surface area contributed by atoms with Crippen molar-refractivity contribution in [3.05, 3.63) is 65.7 Å². The van der Waals surface area contributed by atoms with Crippen LogP contribution in [0.2, 0.25) is 0 Å². The van der Waals surface area contributed by atoms with Crippen LogP contribution in [0.3, 0.4) is 0 Å². The van der Waals surface area contributed by atoms with Crippen molar-refractivity contribution in [3.63, 3.8) is 0 Å². The standard InChI is InChI=1S/C19H23N/c1-15-14-17(18-12-5-6-13-19(18)20-15)11-7-10-16-8-3-2-4-9-16/h2-6,8-9,12-13,15,17,20H,7,10-11,14H2,1H3. The maximum absolute atomic E-state index is 3.60. The van der Waals surface area contributed by atoms with Gasteiger partial charge in [0, 0.05) is 11.7 Å². The largest absolute Gasteiger partial charge is 0.382 e. The molecule has 1 aliphatic heterocycles. The van der Waals surface area contributed by atoms with E-state index >= 15 is 0 Å². The topological polar surface area (TPSA) is 12.0 Å². The lowest BCUT2D eigenvalue weighted by Gasteiger charge is -2.31. The van der Waals surface area contributed by atoms with Crippen LogP contribution in [-0.4, -0.2) is 6.04 Å². The SMILES string of the molecule is CC1CC(CCCc2ccccc2)c2ccccc2N1. The maximum atomic E-state index is 3.60. The maximum Gasteiger partial charge on any atom is 0.0377 e. The van der Waals surface area contributed by atoms with Crippen LogP contribution < -0.4 is 5.32 Å². The highest BCUT2D eigenvalue weighted by Gasteiger charge is 2.23. The van der Waals surface area contributed by atoms with E-state index in [1.165, 1.54) is 42.5 Å². The fourth-order valence-corrected chi connectivity index (χ4v) is 3.33. The minimum atomic E-state index is 0.589. The molecular weight excluding hydrogens is 242 g/mol. The summed E-state index contributed by atoms with van der Waals surface area (Å²) in [6.07, 6.45) is 5.01. The summed E-state index contributed by atoms with van der Waals surface area (Å²) in [5.74, 6) is 0.714. The molecule has 0 aromatic heterocycles. The third kappa shape index (κ3) is 3.04. The Morgan fingerprint density at radius 2 is 1.75 bits per heavy atom. The van der Waals surface area contributed by atoms with Crippen molar-refractivity contribution < 1.29 is 0 Å². The van der Waals surface area contributed by atoms with E-state index in [1.54, 1.807) is 0 Å². The number of benzene rings is 2. The van der Waals surface area contributed by atoms with Gasteiger partial charge in [0.15, 0.2) is 0 Å². The molecule has 2 atom stereocenters. The molecule has 0 fully saturated rings. The average Bonchev–Trinajstić information content (AvgIpc) is 2.48. The third-order valence-electron chi connectivity index (χ3n) is 4.30. The molecule has 3 rings (SSSR count). The van der Waals surface area contributed by atoms with E-state index < -0.39 is 0 Å². The molecule has 1 nitrogen and oxygen atoms in total. The second-order valence-electron chi connectivity index (χ2n) is 5.94. The highest BCUT2D eigenvalue weighted by Crippen LogP contribution is 2.37. The van der Waals surface area contributed by atoms with Crippen LogP contribution in [0.1, 0.15) is 43.2 Å². The van der Waals surface area contributed by atoms with Gasteiger partial charge in [-0.2, -0.15) is 0 Å². The fourth-order valence-electron chi connectivity index (χ4n) is 3.33. The van der Waals surface area contributed by atoms with Gasteiger partial charge in [-0.1, -0.05) is 48.5 Å². The summed E-state index contributed by atoms with van der Waals surface area (Å²) in [5.41, 5.74) is 4.32. The molecule has 0 radical (unpaired) electrons. The molecule has 1 N–H and O–H groups in total. The lowest BCUT2D eigenvalue weighted by Crippen LogP contribution is -2.25. The summed E-state index contributed by atoms with van der Waals surface area (Å²) < 4.78 is 0. The number of hydrogen-bond acceptors (Lipinski definition) is 1. The number of anilines is 1. The number of fused-ring (bicyclic) bond motifs is 1. The van der Waals surface area contributed by atoms with Gasteiger partial charge in [0.2, 0.25) is 0 Å². The Balaban J connectivity index is 1.63. The molecule has 0 aliphatic carbocycles. The zero-order valence-electron chi connectivity index (χ0n) is 12.2. The highest BCUT2D eigenvalue weighted by molar-refractivity contribution is 5.55. The quantitative estimate of drug-likeness (QED) is 0.820. The molecule has 0 amide bonds. The molecule has 0 saturated heterocycles. The Morgan fingerprint density at radius 3 is 2.60 bits per heavy atom. The van der Waals surface area contributed by atoms with Crippen molar-refractivity contribution >= 4 is 5.69 Å². The van der Waals surface area contributed by atoms with Crippen LogP contribution >= 0.6 is 0 Å². The second-order valence-corrected chi connectivity index (χ2v) is 5.94. The minimum absolute atomic E-state index is 0.589. The van der Waals surface area contributed by atoms with Crippen LogP contribution in [-0.2, 0) is 6.42 Å². The van der Waals surface area contributed by atoms with Gasteiger partial charge in [0.25, 0.3) is 0 Å². The first-order valence-electron chi connectivity index (χ1n) is 7.72. The Morgan fingerprint density at radius 1 is 1.00 bits per heavy atom.